The Morgan fingerprint density at radius 1 is 0.929 bits per heavy atom. The van der Waals surface area contributed by atoms with Crippen LogP contribution in [0, 0.1) is 0 Å². The van der Waals surface area contributed by atoms with E-state index in [-0.39, 0.29) is 68.5 Å². The Hall–Kier alpha value is 0.566. The van der Waals surface area contributed by atoms with Crippen LogP contribution in [-0.2, 0) is 31.5 Å². The number of carboxylic acid groups (broad SMARTS) is 3. The summed E-state index contributed by atoms with van der Waals surface area (Å²) in [6, 6.07) is 0. The number of hydrogen-bond acceptors (Lipinski definition) is 4. The summed E-state index contributed by atoms with van der Waals surface area (Å²) in [6.45, 7) is 3.14. The molecule has 0 bridgehead atoms. The van der Waals surface area contributed by atoms with Gasteiger partial charge in [0.2, 0.25) is 0 Å². The summed E-state index contributed by atoms with van der Waals surface area (Å²) in [4.78, 5) is 26.9. The van der Waals surface area contributed by atoms with Crippen LogP contribution in [0.15, 0.2) is 0 Å². The Morgan fingerprint density at radius 3 is 0.929 bits per heavy atom. The van der Waals surface area contributed by atoms with E-state index in [2.05, 4.69) is 0 Å². The van der Waals surface area contributed by atoms with Crippen molar-refractivity contribution in [1.29, 1.82) is 0 Å². The molecule has 0 aromatic heterocycles. The molecular formula is C6H11KMnO6. The maximum atomic E-state index is 9.00. The topological polar surface area (TPSA) is 115 Å². The smallest absolute Gasteiger partial charge is 0.550 e. The fraction of sp³-hybridized carbons (Fsp3) is 0.500. The molecule has 14 heavy (non-hydrogen) atoms. The van der Waals surface area contributed by atoms with Crippen LogP contribution in [0.2, 0.25) is 0 Å². The van der Waals surface area contributed by atoms with Gasteiger partial charge in [0.15, 0.2) is 0 Å². The van der Waals surface area contributed by atoms with Crippen molar-refractivity contribution in [2.24, 2.45) is 0 Å². The van der Waals surface area contributed by atoms with Crippen molar-refractivity contribution in [3.63, 3.8) is 0 Å². The van der Waals surface area contributed by atoms with E-state index >= 15 is 0 Å². The second kappa shape index (κ2) is 23.4. The van der Waals surface area contributed by atoms with E-state index in [0.717, 1.165) is 20.8 Å². The largest absolute Gasteiger partial charge is 1.00 e. The van der Waals surface area contributed by atoms with Crippen molar-refractivity contribution in [3.8, 4) is 0 Å². The molecule has 0 aliphatic carbocycles. The molecule has 0 rings (SSSR count). The van der Waals surface area contributed by atoms with Crippen molar-refractivity contribution in [2.75, 3.05) is 0 Å². The molecule has 0 fully saturated rings. The first kappa shape index (κ1) is 29.3. The number of hydrogen-bond donors (Lipinski definition) is 2. The normalized spacial score (nSPS) is 5.36. The minimum absolute atomic E-state index is 0. The fourth-order valence-electron chi connectivity index (χ4n) is 0. The second-order valence-electron chi connectivity index (χ2n) is 1.53. The first-order valence-electron chi connectivity index (χ1n) is 2.76. The molecule has 0 aliphatic heterocycles. The third kappa shape index (κ3) is 5250. The van der Waals surface area contributed by atoms with E-state index in [1.54, 1.807) is 0 Å². The summed E-state index contributed by atoms with van der Waals surface area (Å²) in [6.07, 6.45) is 0. The van der Waals surface area contributed by atoms with E-state index in [0.29, 0.717) is 0 Å². The molecule has 1 radical (unpaired) electrons. The predicted octanol–water partition coefficient (Wildman–Crippen LogP) is -4.06. The van der Waals surface area contributed by atoms with Gasteiger partial charge in [0, 0.05) is 36.9 Å². The van der Waals surface area contributed by atoms with Gasteiger partial charge in [-0.1, -0.05) is 0 Å². The van der Waals surface area contributed by atoms with Crippen molar-refractivity contribution in [2.45, 2.75) is 20.8 Å². The molecule has 0 heterocycles. The Bertz CT molecular complexity index is 120. The molecule has 0 atom stereocenters. The van der Waals surface area contributed by atoms with Gasteiger partial charge in [0.1, 0.15) is 0 Å². The van der Waals surface area contributed by atoms with Gasteiger partial charge in [0.05, 0.1) is 0 Å². The summed E-state index contributed by atoms with van der Waals surface area (Å²) in [5, 5.41) is 23.7. The molecule has 0 aliphatic rings. The first-order chi connectivity index (χ1) is 5.20. The van der Waals surface area contributed by atoms with Crippen LogP contribution < -0.4 is 56.5 Å². The van der Waals surface area contributed by atoms with E-state index in [1.807, 2.05) is 0 Å². The Labute approximate surface area is 135 Å². The number of aliphatic carboxylic acids is 3. The Balaban J connectivity index is -0.0000000270. The molecule has 2 N–H and O–H groups in total. The molecule has 79 valence electrons. The zero-order valence-electron chi connectivity index (χ0n) is 8.41. The third-order valence-electron chi connectivity index (χ3n) is 0. The second-order valence-corrected chi connectivity index (χ2v) is 1.53. The van der Waals surface area contributed by atoms with Gasteiger partial charge in [-0.05, 0) is 6.92 Å². The maximum Gasteiger partial charge on any atom is 1.00 e. The quantitative estimate of drug-likeness (QED) is 0.434. The summed E-state index contributed by atoms with van der Waals surface area (Å²) < 4.78 is 0. The van der Waals surface area contributed by atoms with Crippen LogP contribution in [0.4, 0.5) is 0 Å². The molecule has 0 aromatic carbocycles. The number of carbonyl (C=O) groups is 3. The molecule has 0 spiro atoms. The maximum absolute atomic E-state index is 9.00. The van der Waals surface area contributed by atoms with Crippen LogP contribution in [0.25, 0.3) is 0 Å². The monoisotopic (exact) mass is 273 g/mol. The van der Waals surface area contributed by atoms with Gasteiger partial charge in [-0.25, -0.2) is 0 Å². The van der Waals surface area contributed by atoms with Crippen LogP contribution >= 0.6 is 0 Å². The molecule has 8 heteroatoms. The minimum Gasteiger partial charge on any atom is -0.550 e. The molecular weight excluding hydrogens is 262 g/mol. The van der Waals surface area contributed by atoms with Crippen LogP contribution in [-0.4, -0.2) is 28.1 Å². The van der Waals surface area contributed by atoms with E-state index in [1.165, 1.54) is 0 Å². The third-order valence-corrected chi connectivity index (χ3v) is 0. The van der Waals surface area contributed by atoms with Crippen LogP contribution in [0.3, 0.4) is 0 Å². The van der Waals surface area contributed by atoms with E-state index in [4.69, 9.17) is 29.7 Å². The minimum atomic E-state index is -1.08. The van der Waals surface area contributed by atoms with E-state index < -0.39 is 17.9 Å². The van der Waals surface area contributed by atoms with Gasteiger partial charge in [-0.2, -0.15) is 0 Å². The standard InChI is InChI=1S/3C2H4O2.K.Mn/c3*1-2(3)4;;/h3*1H3,(H,3,4);;/q;;;+1;/p-1. The van der Waals surface area contributed by atoms with E-state index in [9.17, 15) is 0 Å². The molecule has 0 unspecified atom stereocenters. The van der Waals surface area contributed by atoms with Crippen molar-refractivity contribution in [3.05, 3.63) is 0 Å². The number of rotatable bonds is 0. The Kier molecular flexibility index (Phi) is 49.0. The fourth-order valence-corrected chi connectivity index (χ4v) is 0. The van der Waals surface area contributed by atoms with Gasteiger partial charge in [-0.3, -0.25) is 9.59 Å². The van der Waals surface area contributed by atoms with Crippen molar-refractivity contribution >= 4 is 17.9 Å². The molecule has 0 saturated carbocycles. The van der Waals surface area contributed by atoms with Gasteiger partial charge < -0.3 is 20.1 Å². The summed E-state index contributed by atoms with van der Waals surface area (Å²) >= 11 is 0. The number of carboxylic acids is 3. The molecule has 6 nitrogen and oxygen atoms in total. The SMILES string of the molecule is CC(=O)O.CC(=O)O.CC(=O)[O-].[K+].[Mn]. The average Bonchev–Trinajstić information content (AvgIpc) is 1.54. The van der Waals surface area contributed by atoms with Crippen LogP contribution in [0.1, 0.15) is 20.8 Å². The zero-order valence-corrected chi connectivity index (χ0v) is 12.7. The summed E-state index contributed by atoms with van der Waals surface area (Å²) in [7, 11) is 0. The Morgan fingerprint density at radius 2 is 0.929 bits per heavy atom. The molecule has 0 saturated heterocycles. The molecule has 0 aromatic rings. The predicted molar refractivity (Wildman–Crippen MR) is 37.3 cm³/mol. The van der Waals surface area contributed by atoms with Crippen LogP contribution in [0.5, 0.6) is 0 Å². The van der Waals surface area contributed by atoms with Gasteiger partial charge in [-0.15, -0.1) is 0 Å². The van der Waals surface area contributed by atoms with Crippen molar-refractivity contribution in [1.82, 2.24) is 0 Å². The van der Waals surface area contributed by atoms with Gasteiger partial charge in [0.25, 0.3) is 11.9 Å². The van der Waals surface area contributed by atoms with Gasteiger partial charge >= 0.3 is 51.4 Å². The average molecular weight is 273 g/mol. The first-order valence-corrected chi connectivity index (χ1v) is 2.76. The van der Waals surface area contributed by atoms with Crippen molar-refractivity contribution < 1.29 is 98.2 Å². The number of carbonyl (C=O) groups excluding carboxylic acids is 1. The molecule has 0 amide bonds. The summed E-state index contributed by atoms with van der Waals surface area (Å²) in [5.41, 5.74) is 0. The zero-order chi connectivity index (χ0) is 10.7. The summed E-state index contributed by atoms with van der Waals surface area (Å²) in [5.74, 6) is -2.75.